The van der Waals surface area contributed by atoms with Crippen LogP contribution in [-0.2, 0) is 22.6 Å². The van der Waals surface area contributed by atoms with Crippen molar-refractivity contribution in [1.29, 1.82) is 0 Å². The van der Waals surface area contributed by atoms with E-state index in [-0.39, 0.29) is 17.4 Å². The number of likely N-dealkylation sites (tertiary alicyclic amines) is 1. The minimum atomic E-state index is -0.726. The fourth-order valence-corrected chi connectivity index (χ4v) is 5.13. The van der Waals surface area contributed by atoms with Crippen molar-refractivity contribution in [2.75, 3.05) is 13.2 Å². The zero-order valence-electron chi connectivity index (χ0n) is 21.8. The van der Waals surface area contributed by atoms with E-state index < -0.39 is 17.7 Å². The van der Waals surface area contributed by atoms with Crippen LogP contribution in [0.2, 0.25) is 0 Å². The highest BCUT2D eigenvalue weighted by atomic mass is 16.5. The molecule has 8 nitrogen and oxygen atoms in total. The van der Waals surface area contributed by atoms with Crippen molar-refractivity contribution in [2.24, 2.45) is 0 Å². The fourth-order valence-electron chi connectivity index (χ4n) is 5.13. The molecule has 3 aromatic rings. The molecule has 0 spiro atoms. The number of Topliss-reactive ketones (excluding diaryl/α,β-unsaturated/α-hetero) is 1. The molecule has 3 heterocycles. The van der Waals surface area contributed by atoms with Gasteiger partial charge < -0.3 is 24.0 Å². The van der Waals surface area contributed by atoms with E-state index in [1.165, 1.54) is 0 Å². The highest BCUT2D eigenvalue weighted by Crippen LogP contribution is 2.41. The molecule has 38 heavy (non-hydrogen) atoms. The molecule has 2 atom stereocenters. The van der Waals surface area contributed by atoms with Crippen molar-refractivity contribution in [2.45, 2.75) is 58.2 Å². The molecule has 0 saturated carbocycles. The number of ether oxygens (including phenoxy) is 2. The molecular weight excluding hydrogens is 482 g/mol. The highest BCUT2D eigenvalue weighted by molar-refractivity contribution is 6.46. The summed E-state index contributed by atoms with van der Waals surface area (Å²) in [4.78, 5) is 32.4. The molecule has 198 valence electrons. The number of hydrogen-bond donors (Lipinski definition) is 1. The number of carbonyl (C=O) groups excluding carboxylic acids is 2. The average molecular weight is 516 g/mol. The Morgan fingerprint density at radius 2 is 2.03 bits per heavy atom. The van der Waals surface area contributed by atoms with Crippen LogP contribution in [0.5, 0.6) is 11.5 Å². The number of carbonyl (C=O) groups is 2. The number of aryl methyl sites for hydroxylation is 1. The Balaban J connectivity index is 1.51. The SMILES string of the molecule is CCCCOc1cccc(C2/C(=C(/O)c3ccc4c(c3)CC(C)O4)C(=O)C(=O)N2CCCn2ccnc2)c1. The van der Waals surface area contributed by atoms with E-state index in [4.69, 9.17) is 9.47 Å². The number of ketones is 1. The molecular formula is C30H33N3O5. The fraction of sp³-hybridized carbons (Fsp3) is 0.367. The minimum absolute atomic E-state index is 0.0546. The Hall–Kier alpha value is -4.07. The summed E-state index contributed by atoms with van der Waals surface area (Å²) < 4.78 is 13.6. The number of aromatic nitrogens is 2. The van der Waals surface area contributed by atoms with Crippen molar-refractivity contribution in [3.8, 4) is 11.5 Å². The van der Waals surface area contributed by atoms with Crippen LogP contribution >= 0.6 is 0 Å². The van der Waals surface area contributed by atoms with Crippen molar-refractivity contribution in [3.05, 3.63) is 83.4 Å². The third-order valence-electron chi connectivity index (χ3n) is 7.02. The molecule has 1 aromatic heterocycles. The average Bonchev–Trinajstić information content (AvgIpc) is 3.62. The van der Waals surface area contributed by atoms with Gasteiger partial charge in [0.15, 0.2) is 0 Å². The quantitative estimate of drug-likeness (QED) is 0.179. The van der Waals surface area contributed by atoms with Crippen molar-refractivity contribution >= 4 is 17.4 Å². The van der Waals surface area contributed by atoms with Gasteiger partial charge in [-0.2, -0.15) is 0 Å². The van der Waals surface area contributed by atoms with Crippen LogP contribution in [0.4, 0.5) is 0 Å². The lowest BCUT2D eigenvalue weighted by molar-refractivity contribution is -0.139. The number of unbranched alkanes of at least 4 members (excludes halogenated alkanes) is 1. The smallest absolute Gasteiger partial charge is 0.295 e. The number of amides is 1. The first-order chi connectivity index (χ1) is 18.5. The monoisotopic (exact) mass is 515 g/mol. The van der Waals surface area contributed by atoms with Gasteiger partial charge in [-0.1, -0.05) is 25.5 Å². The van der Waals surface area contributed by atoms with Gasteiger partial charge in [0, 0.05) is 37.5 Å². The number of imidazole rings is 1. The molecule has 0 bridgehead atoms. The summed E-state index contributed by atoms with van der Waals surface area (Å²) in [6.45, 7) is 5.67. The predicted octanol–water partition coefficient (Wildman–Crippen LogP) is 4.90. The Morgan fingerprint density at radius 1 is 1.16 bits per heavy atom. The Morgan fingerprint density at radius 3 is 2.82 bits per heavy atom. The second-order valence-corrected chi connectivity index (χ2v) is 9.88. The van der Waals surface area contributed by atoms with Gasteiger partial charge in [0.1, 0.15) is 23.4 Å². The van der Waals surface area contributed by atoms with Gasteiger partial charge in [-0.05, 0) is 61.2 Å². The number of hydrogen-bond acceptors (Lipinski definition) is 6. The van der Waals surface area contributed by atoms with E-state index in [2.05, 4.69) is 11.9 Å². The molecule has 2 aromatic carbocycles. The minimum Gasteiger partial charge on any atom is -0.507 e. The van der Waals surface area contributed by atoms with Crippen LogP contribution in [-0.4, -0.2) is 50.5 Å². The Labute approximate surface area is 222 Å². The highest BCUT2D eigenvalue weighted by Gasteiger charge is 2.46. The second kappa shape index (κ2) is 11.1. The van der Waals surface area contributed by atoms with Gasteiger partial charge in [-0.15, -0.1) is 0 Å². The predicted molar refractivity (Wildman–Crippen MR) is 143 cm³/mol. The zero-order chi connectivity index (χ0) is 26.6. The van der Waals surface area contributed by atoms with Crippen molar-refractivity contribution in [1.82, 2.24) is 14.5 Å². The van der Waals surface area contributed by atoms with Crippen LogP contribution in [0.25, 0.3) is 5.76 Å². The maximum absolute atomic E-state index is 13.4. The lowest BCUT2D eigenvalue weighted by atomic mass is 9.94. The van der Waals surface area contributed by atoms with Gasteiger partial charge in [-0.25, -0.2) is 4.98 Å². The van der Waals surface area contributed by atoms with Crippen LogP contribution in [0.15, 0.2) is 66.8 Å². The number of fused-ring (bicyclic) bond motifs is 1. The Kier molecular flexibility index (Phi) is 7.49. The van der Waals surface area contributed by atoms with E-state index in [0.717, 1.165) is 36.1 Å². The third-order valence-corrected chi connectivity index (χ3v) is 7.02. The lowest BCUT2D eigenvalue weighted by Crippen LogP contribution is -2.31. The molecule has 2 aliphatic heterocycles. The number of benzene rings is 2. The van der Waals surface area contributed by atoms with E-state index in [1.54, 1.807) is 23.5 Å². The van der Waals surface area contributed by atoms with E-state index >= 15 is 0 Å². The largest absolute Gasteiger partial charge is 0.507 e. The lowest BCUT2D eigenvalue weighted by Gasteiger charge is -2.26. The Bertz CT molecular complexity index is 1350. The number of nitrogens with zero attached hydrogens (tertiary/aromatic N) is 3. The van der Waals surface area contributed by atoms with E-state index in [0.29, 0.717) is 37.4 Å². The summed E-state index contributed by atoms with van der Waals surface area (Å²) in [7, 11) is 0. The molecule has 0 radical (unpaired) electrons. The van der Waals surface area contributed by atoms with Crippen LogP contribution in [0, 0.1) is 0 Å². The van der Waals surface area contributed by atoms with Crippen LogP contribution in [0.1, 0.15) is 55.8 Å². The molecule has 8 heteroatoms. The molecule has 0 aliphatic carbocycles. The van der Waals surface area contributed by atoms with E-state index in [9.17, 15) is 14.7 Å². The summed E-state index contributed by atoms with van der Waals surface area (Å²) in [5, 5.41) is 11.5. The van der Waals surface area contributed by atoms with Gasteiger partial charge in [0.25, 0.3) is 11.7 Å². The summed E-state index contributed by atoms with van der Waals surface area (Å²) in [6, 6.07) is 12.1. The number of aliphatic hydroxyl groups is 1. The second-order valence-electron chi connectivity index (χ2n) is 9.88. The van der Waals surface area contributed by atoms with Gasteiger partial charge in [0.05, 0.1) is 24.5 Å². The van der Waals surface area contributed by atoms with Crippen molar-refractivity contribution < 1.29 is 24.2 Å². The number of aliphatic hydroxyl groups excluding tert-OH is 1. The summed E-state index contributed by atoms with van der Waals surface area (Å²) in [5.41, 5.74) is 2.29. The van der Waals surface area contributed by atoms with Crippen LogP contribution < -0.4 is 9.47 Å². The normalized spacial score (nSPS) is 20.0. The molecule has 1 amide bonds. The molecule has 2 unspecified atom stereocenters. The standard InChI is InChI=1S/C30H33N3O5/c1-3-4-15-37-24-8-5-7-21(18-24)27-26(28(34)22-9-10-25-23(17-22)16-20(2)38-25)29(35)30(36)33(27)13-6-12-32-14-11-31-19-32/h5,7-11,14,17-20,27,34H,3-4,6,12-13,15-16H2,1-2H3/b28-26-. The van der Waals surface area contributed by atoms with Gasteiger partial charge >= 0.3 is 0 Å². The zero-order valence-corrected chi connectivity index (χ0v) is 21.8. The summed E-state index contributed by atoms with van der Waals surface area (Å²) >= 11 is 0. The molecule has 1 saturated heterocycles. The maximum Gasteiger partial charge on any atom is 0.295 e. The molecule has 5 rings (SSSR count). The molecule has 1 fully saturated rings. The summed E-state index contributed by atoms with van der Waals surface area (Å²) in [5.74, 6) is -0.0219. The third kappa shape index (κ3) is 5.16. The molecule has 1 N–H and O–H groups in total. The first-order valence-corrected chi connectivity index (χ1v) is 13.2. The van der Waals surface area contributed by atoms with Gasteiger partial charge in [0.2, 0.25) is 0 Å². The number of rotatable bonds is 10. The first-order valence-electron chi connectivity index (χ1n) is 13.2. The maximum atomic E-state index is 13.4. The van der Waals surface area contributed by atoms with Crippen molar-refractivity contribution in [3.63, 3.8) is 0 Å². The summed E-state index contributed by atoms with van der Waals surface area (Å²) in [6.07, 6.45) is 8.64. The molecule has 2 aliphatic rings. The topological polar surface area (TPSA) is 93.9 Å². The van der Waals surface area contributed by atoms with E-state index in [1.807, 2.05) is 54.1 Å². The van der Waals surface area contributed by atoms with Gasteiger partial charge in [-0.3, -0.25) is 9.59 Å². The first kappa shape index (κ1) is 25.6. The van der Waals surface area contributed by atoms with Crippen LogP contribution in [0.3, 0.4) is 0 Å².